The Morgan fingerprint density at radius 2 is 2.50 bits per heavy atom. The van der Waals surface area contributed by atoms with Crippen molar-refractivity contribution >= 4 is 0 Å². The van der Waals surface area contributed by atoms with Crippen molar-refractivity contribution in [1.82, 2.24) is 14.8 Å². The van der Waals surface area contributed by atoms with Gasteiger partial charge in [-0.25, -0.2) is 9.67 Å². The van der Waals surface area contributed by atoms with Gasteiger partial charge in [0.25, 0.3) is 0 Å². The predicted molar refractivity (Wildman–Crippen MR) is 59.0 cm³/mol. The molecular weight excluding hydrogens is 202 g/mol. The lowest BCUT2D eigenvalue weighted by molar-refractivity contribution is 0.385. The largest absolute Gasteiger partial charge is 0.469 e. The minimum atomic E-state index is 0.696. The first-order valence-electron chi connectivity index (χ1n) is 5.76. The van der Waals surface area contributed by atoms with E-state index in [4.69, 9.17) is 4.42 Å². The highest BCUT2D eigenvalue weighted by molar-refractivity contribution is 5.07. The van der Waals surface area contributed by atoms with Gasteiger partial charge in [-0.05, 0) is 24.5 Å². The minimum absolute atomic E-state index is 0.696. The standard InChI is InChI=1S/C12H15N3O/c1-9-4-5-15-12(7-9)13-11(14-15)8-10-3-2-6-16-10/h2-3,6,9H,4-5,7-8H2,1H3. The fourth-order valence-electron chi connectivity index (χ4n) is 2.16. The van der Waals surface area contributed by atoms with E-state index in [2.05, 4.69) is 17.0 Å². The summed E-state index contributed by atoms with van der Waals surface area (Å²) in [6.07, 6.45) is 4.64. The van der Waals surface area contributed by atoms with Crippen LogP contribution in [0.15, 0.2) is 22.8 Å². The normalized spacial score (nSPS) is 19.7. The second-order valence-corrected chi connectivity index (χ2v) is 4.52. The summed E-state index contributed by atoms with van der Waals surface area (Å²) in [4.78, 5) is 4.57. The van der Waals surface area contributed by atoms with Crippen LogP contribution in [0.5, 0.6) is 0 Å². The molecule has 0 amide bonds. The minimum Gasteiger partial charge on any atom is -0.469 e. The smallest absolute Gasteiger partial charge is 0.158 e. The van der Waals surface area contributed by atoms with E-state index >= 15 is 0 Å². The van der Waals surface area contributed by atoms with Crippen LogP contribution in [-0.4, -0.2) is 14.8 Å². The quantitative estimate of drug-likeness (QED) is 0.773. The molecule has 0 aliphatic carbocycles. The first-order valence-corrected chi connectivity index (χ1v) is 5.76. The molecule has 1 unspecified atom stereocenters. The summed E-state index contributed by atoms with van der Waals surface area (Å²) in [5.74, 6) is 3.66. The topological polar surface area (TPSA) is 43.9 Å². The maximum absolute atomic E-state index is 5.30. The number of hydrogen-bond acceptors (Lipinski definition) is 3. The van der Waals surface area contributed by atoms with E-state index < -0.39 is 0 Å². The van der Waals surface area contributed by atoms with Gasteiger partial charge in [0, 0.05) is 13.0 Å². The number of hydrogen-bond donors (Lipinski definition) is 0. The van der Waals surface area contributed by atoms with Gasteiger partial charge in [-0.1, -0.05) is 6.92 Å². The van der Waals surface area contributed by atoms with Gasteiger partial charge in [0.05, 0.1) is 12.7 Å². The zero-order chi connectivity index (χ0) is 11.0. The van der Waals surface area contributed by atoms with E-state index in [1.165, 1.54) is 6.42 Å². The van der Waals surface area contributed by atoms with Crippen LogP contribution in [0.25, 0.3) is 0 Å². The monoisotopic (exact) mass is 217 g/mol. The molecule has 0 spiro atoms. The molecule has 84 valence electrons. The van der Waals surface area contributed by atoms with Gasteiger partial charge in [0.2, 0.25) is 0 Å². The third-order valence-corrected chi connectivity index (χ3v) is 3.07. The summed E-state index contributed by atoms with van der Waals surface area (Å²) in [5, 5.41) is 4.51. The Balaban J connectivity index is 1.82. The van der Waals surface area contributed by atoms with Crippen molar-refractivity contribution in [3.05, 3.63) is 35.8 Å². The summed E-state index contributed by atoms with van der Waals surface area (Å²) in [7, 11) is 0. The lowest BCUT2D eigenvalue weighted by Gasteiger charge is -2.17. The van der Waals surface area contributed by atoms with E-state index in [9.17, 15) is 0 Å². The molecule has 0 saturated heterocycles. The Hall–Kier alpha value is -1.58. The number of aryl methyl sites for hydroxylation is 1. The molecule has 2 aromatic heterocycles. The lowest BCUT2D eigenvalue weighted by atomic mass is 10.0. The molecule has 0 N–H and O–H groups in total. The highest BCUT2D eigenvalue weighted by Crippen LogP contribution is 2.18. The molecule has 0 radical (unpaired) electrons. The van der Waals surface area contributed by atoms with Crippen molar-refractivity contribution in [2.24, 2.45) is 5.92 Å². The molecule has 1 aliphatic heterocycles. The number of furan rings is 1. The van der Waals surface area contributed by atoms with E-state index in [0.29, 0.717) is 6.42 Å². The van der Waals surface area contributed by atoms with Gasteiger partial charge in [0.15, 0.2) is 5.82 Å². The van der Waals surface area contributed by atoms with Crippen LogP contribution < -0.4 is 0 Å². The molecule has 1 atom stereocenters. The molecule has 4 heteroatoms. The molecule has 3 heterocycles. The molecule has 1 aliphatic rings. The molecule has 0 saturated carbocycles. The van der Waals surface area contributed by atoms with E-state index in [1.807, 2.05) is 16.8 Å². The molecular formula is C12H15N3O. The molecule has 0 bridgehead atoms. The first kappa shape index (κ1) is 9.63. The zero-order valence-electron chi connectivity index (χ0n) is 9.39. The summed E-state index contributed by atoms with van der Waals surface area (Å²) < 4.78 is 7.34. The van der Waals surface area contributed by atoms with Crippen LogP contribution in [0.2, 0.25) is 0 Å². The average Bonchev–Trinajstić information content (AvgIpc) is 2.86. The zero-order valence-corrected chi connectivity index (χ0v) is 9.39. The number of nitrogens with zero attached hydrogens (tertiary/aromatic N) is 3. The number of rotatable bonds is 2. The lowest BCUT2D eigenvalue weighted by Crippen LogP contribution is -2.18. The molecule has 0 aromatic carbocycles. The van der Waals surface area contributed by atoms with E-state index in [0.717, 1.165) is 36.3 Å². The van der Waals surface area contributed by atoms with Gasteiger partial charge in [0.1, 0.15) is 11.6 Å². The van der Waals surface area contributed by atoms with Gasteiger partial charge >= 0.3 is 0 Å². The summed E-state index contributed by atoms with van der Waals surface area (Å²) >= 11 is 0. The van der Waals surface area contributed by atoms with Crippen LogP contribution in [0, 0.1) is 5.92 Å². The van der Waals surface area contributed by atoms with Crippen LogP contribution in [0.3, 0.4) is 0 Å². The molecule has 2 aromatic rings. The molecule has 4 nitrogen and oxygen atoms in total. The fourth-order valence-corrected chi connectivity index (χ4v) is 2.16. The maximum Gasteiger partial charge on any atom is 0.158 e. The Bertz CT molecular complexity index is 472. The third-order valence-electron chi connectivity index (χ3n) is 3.07. The summed E-state index contributed by atoms with van der Waals surface area (Å²) in [5.41, 5.74) is 0. The van der Waals surface area contributed by atoms with E-state index in [-0.39, 0.29) is 0 Å². The number of fused-ring (bicyclic) bond motifs is 1. The van der Waals surface area contributed by atoms with Crippen LogP contribution in [0.4, 0.5) is 0 Å². The van der Waals surface area contributed by atoms with Gasteiger partial charge in [-0.2, -0.15) is 5.10 Å². The second-order valence-electron chi connectivity index (χ2n) is 4.52. The highest BCUT2D eigenvalue weighted by atomic mass is 16.3. The van der Waals surface area contributed by atoms with E-state index in [1.54, 1.807) is 6.26 Å². The molecule has 3 rings (SSSR count). The predicted octanol–water partition coefficient (Wildman–Crippen LogP) is 2.04. The van der Waals surface area contributed by atoms with Crippen molar-refractivity contribution < 1.29 is 4.42 Å². The third kappa shape index (κ3) is 1.75. The Labute approximate surface area is 94.3 Å². The summed E-state index contributed by atoms with van der Waals surface area (Å²) in [6, 6.07) is 3.86. The SMILES string of the molecule is CC1CCn2nc(Cc3ccco3)nc2C1. The van der Waals surface area contributed by atoms with Gasteiger partial charge < -0.3 is 4.42 Å². The average molecular weight is 217 g/mol. The van der Waals surface area contributed by atoms with Crippen molar-refractivity contribution in [2.45, 2.75) is 32.7 Å². The number of aromatic nitrogens is 3. The Morgan fingerprint density at radius 3 is 3.31 bits per heavy atom. The van der Waals surface area contributed by atoms with Gasteiger partial charge in [-0.15, -0.1) is 0 Å². The van der Waals surface area contributed by atoms with Crippen molar-refractivity contribution in [3.63, 3.8) is 0 Å². The highest BCUT2D eigenvalue weighted by Gasteiger charge is 2.18. The maximum atomic E-state index is 5.30. The Morgan fingerprint density at radius 1 is 1.56 bits per heavy atom. The molecule has 0 fully saturated rings. The second kappa shape index (κ2) is 3.77. The molecule has 16 heavy (non-hydrogen) atoms. The summed E-state index contributed by atoms with van der Waals surface area (Å²) in [6.45, 7) is 3.27. The van der Waals surface area contributed by atoms with Crippen LogP contribution in [-0.2, 0) is 19.4 Å². The van der Waals surface area contributed by atoms with Gasteiger partial charge in [-0.3, -0.25) is 0 Å². The Kier molecular flexibility index (Phi) is 2.27. The van der Waals surface area contributed by atoms with Crippen LogP contribution in [0.1, 0.15) is 30.8 Å². The fraction of sp³-hybridized carbons (Fsp3) is 0.500. The van der Waals surface area contributed by atoms with Crippen molar-refractivity contribution in [3.8, 4) is 0 Å². The van der Waals surface area contributed by atoms with Crippen molar-refractivity contribution in [1.29, 1.82) is 0 Å². The van der Waals surface area contributed by atoms with Crippen molar-refractivity contribution in [2.75, 3.05) is 0 Å². The van der Waals surface area contributed by atoms with Crippen LogP contribution >= 0.6 is 0 Å². The first-order chi connectivity index (χ1) is 7.81.